The minimum atomic E-state index is -0.373. The quantitative estimate of drug-likeness (QED) is 0.360. The topological polar surface area (TPSA) is 87.8 Å². The SMILES string of the molecule is CN1CCN(CCC(=O)Nc2cc(NC3=C(N(C)C4CCCC4)NNC(c4cc(Cl)ccc4F)=C3)ccn2)CC1. The molecule has 1 aromatic heterocycles. The van der Waals surface area contributed by atoms with E-state index in [0.717, 1.165) is 62.8 Å². The van der Waals surface area contributed by atoms with Gasteiger partial charge in [0.05, 0.1) is 11.4 Å². The second kappa shape index (κ2) is 12.9. The molecule has 11 heteroatoms. The molecule has 3 aliphatic rings. The maximum atomic E-state index is 14.7. The number of likely N-dealkylation sites (N-methyl/N-ethyl adjacent to an activating group) is 1. The second-order valence-electron chi connectivity index (χ2n) is 10.7. The molecule has 2 fully saturated rings. The van der Waals surface area contributed by atoms with Gasteiger partial charge in [-0.1, -0.05) is 24.4 Å². The van der Waals surface area contributed by atoms with Crippen LogP contribution in [0.25, 0.3) is 5.70 Å². The van der Waals surface area contributed by atoms with Crippen LogP contribution in [0, 0.1) is 5.82 Å². The summed E-state index contributed by atoms with van der Waals surface area (Å²) in [6.07, 6.45) is 8.60. The number of benzene rings is 1. The number of aromatic nitrogens is 1. The number of allylic oxidation sites excluding steroid dienone is 1. The summed E-state index contributed by atoms with van der Waals surface area (Å²) in [5, 5.41) is 6.86. The van der Waals surface area contributed by atoms with E-state index < -0.39 is 0 Å². The molecule has 0 unspecified atom stereocenters. The Morgan fingerprint density at radius 2 is 1.93 bits per heavy atom. The Balaban J connectivity index is 1.32. The zero-order chi connectivity index (χ0) is 28.1. The molecule has 5 rings (SSSR count). The Labute approximate surface area is 240 Å². The molecule has 40 heavy (non-hydrogen) atoms. The standard InChI is InChI=1S/C29H38ClFN8O/c1-37-13-15-39(16-14-37)12-10-28(40)34-27-18-21(9-11-32-27)33-26-19-25(23-17-20(30)7-8-24(23)31)35-36-29(26)38(2)22-5-3-4-6-22/h7-9,11,17-19,22,35-36H,3-6,10,12-16H2,1-2H3,(H2,32,33,34,40). The first-order valence-corrected chi connectivity index (χ1v) is 14.3. The number of halogens is 2. The van der Waals surface area contributed by atoms with Crippen molar-refractivity contribution in [3.8, 4) is 0 Å². The van der Waals surface area contributed by atoms with Crippen LogP contribution >= 0.6 is 11.6 Å². The second-order valence-corrected chi connectivity index (χ2v) is 11.2. The van der Waals surface area contributed by atoms with Crippen LogP contribution in [0.1, 0.15) is 37.7 Å². The lowest BCUT2D eigenvalue weighted by Crippen LogP contribution is -2.45. The molecule has 2 aromatic rings. The van der Waals surface area contributed by atoms with Gasteiger partial charge in [-0.25, -0.2) is 9.37 Å². The molecule has 214 valence electrons. The highest BCUT2D eigenvalue weighted by molar-refractivity contribution is 6.30. The van der Waals surface area contributed by atoms with Crippen LogP contribution in [0.5, 0.6) is 0 Å². The van der Waals surface area contributed by atoms with Gasteiger partial charge in [0.15, 0.2) is 0 Å². The van der Waals surface area contributed by atoms with Crippen LogP contribution in [0.15, 0.2) is 54.1 Å². The molecule has 2 aliphatic heterocycles. The molecule has 0 radical (unpaired) electrons. The molecular formula is C29H38ClFN8O. The number of nitrogens with one attached hydrogen (secondary N) is 4. The summed E-state index contributed by atoms with van der Waals surface area (Å²) in [7, 11) is 4.19. The Kier molecular flexibility index (Phi) is 9.08. The van der Waals surface area contributed by atoms with Crippen LogP contribution in [0.3, 0.4) is 0 Å². The lowest BCUT2D eigenvalue weighted by Gasteiger charge is -2.34. The average molecular weight is 569 g/mol. The monoisotopic (exact) mass is 568 g/mol. The first kappa shape index (κ1) is 28.2. The number of hydrogen-bond acceptors (Lipinski definition) is 8. The highest BCUT2D eigenvalue weighted by Crippen LogP contribution is 2.30. The molecule has 0 atom stereocenters. The Morgan fingerprint density at radius 3 is 2.70 bits per heavy atom. The Bertz CT molecular complexity index is 1270. The molecule has 1 aliphatic carbocycles. The summed E-state index contributed by atoms with van der Waals surface area (Å²) in [6.45, 7) is 4.73. The number of anilines is 2. The van der Waals surface area contributed by atoms with E-state index in [2.05, 4.69) is 55.3 Å². The fourth-order valence-electron chi connectivity index (χ4n) is 5.41. The summed E-state index contributed by atoms with van der Waals surface area (Å²) >= 11 is 6.17. The third kappa shape index (κ3) is 7.04. The first-order valence-electron chi connectivity index (χ1n) is 14.0. The Hall–Kier alpha value is -3.34. The van der Waals surface area contributed by atoms with Crippen molar-refractivity contribution in [3.05, 3.63) is 70.5 Å². The third-order valence-corrected chi connectivity index (χ3v) is 8.10. The van der Waals surface area contributed by atoms with E-state index in [4.69, 9.17) is 11.6 Å². The summed E-state index contributed by atoms with van der Waals surface area (Å²) in [4.78, 5) is 23.9. The zero-order valence-corrected chi connectivity index (χ0v) is 23.9. The van der Waals surface area contributed by atoms with Gasteiger partial charge < -0.3 is 25.3 Å². The van der Waals surface area contributed by atoms with Crippen molar-refractivity contribution in [1.29, 1.82) is 0 Å². The van der Waals surface area contributed by atoms with Crippen molar-refractivity contribution in [2.45, 2.75) is 38.1 Å². The molecule has 1 aromatic carbocycles. The molecule has 3 heterocycles. The highest BCUT2D eigenvalue weighted by atomic mass is 35.5. The number of piperazine rings is 1. The number of carbonyl (C=O) groups is 1. The van der Waals surface area contributed by atoms with E-state index in [-0.39, 0.29) is 11.7 Å². The smallest absolute Gasteiger partial charge is 0.226 e. The highest BCUT2D eigenvalue weighted by Gasteiger charge is 2.26. The lowest BCUT2D eigenvalue weighted by molar-refractivity contribution is -0.116. The number of rotatable bonds is 9. The van der Waals surface area contributed by atoms with Crippen LogP contribution in [0.4, 0.5) is 15.9 Å². The summed E-state index contributed by atoms with van der Waals surface area (Å²) in [6, 6.07) is 8.55. The minimum Gasteiger partial charge on any atom is -0.355 e. The van der Waals surface area contributed by atoms with Gasteiger partial charge in [-0.3, -0.25) is 15.6 Å². The van der Waals surface area contributed by atoms with Gasteiger partial charge in [-0.05, 0) is 50.2 Å². The molecule has 9 nitrogen and oxygen atoms in total. The molecule has 4 N–H and O–H groups in total. The molecular weight excluding hydrogens is 531 g/mol. The largest absolute Gasteiger partial charge is 0.355 e. The predicted octanol–water partition coefficient (Wildman–Crippen LogP) is 4.05. The van der Waals surface area contributed by atoms with E-state index in [1.165, 1.54) is 25.0 Å². The molecule has 0 spiro atoms. The van der Waals surface area contributed by atoms with Crippen molar-refractivity contribution in [3.63, 3.8) is 0 Å². The minimum absolute atomic E-state index is 0.0633. The number of nitrogens with zero attached hydrogens (tertiary/aromatic N) is 4. The fourth-order valence-corrected chi connectivity index (χ4v) is 5.58. The van der Waals surface area contributed by atoms with Crippen LogP contribution < -0.4 is 21.5 Å². The summed E-state index contributed by atoms with van der Waals surface area (Å²) in [5.74, 6) is 0.897. The number of hydrogen-bond donors (Lipinski definition) is 4. The molecule has 1 amide bonds. The van der Waals surface area contributed by atoms with Crippen molar-refractivity contribution in [1.82, 2.24) is 30.5 Å². The van der Waals surface area contributed by atoms with Gasteiger partial charge in [0, 0.05) is 80.8 Å². The number of carbonyl (C=O) groups excluding carboxylic acids is 1. The summed E-state index contributed by atoms with van der Waals surface area (Å²) < 4.78 is 14.7. The number of amides is 1. The third-order valence-electron chi connectivity index (χ3n) is 7.86. The van der Waals surface area contributed by atoms with Crippen molar-refractivity contribution in [2.24, 2.45) is 0 Å². The van der Waals surface area contributed by atoms with Gasteiger partial charge in [-0.15, -0.1) is 0 Å². The van der Waals surface area contributed by atoms with E-state index in [1.54, 1.807) is 12.3 Å². The maximum absolute atomic E-state index is 14.7. The molecule has 1 saturated carbocycles. The van der Waals surface area contributed by atoms with Gasteiger partial charge in [0.1, 0.15) is 17.5 Å². The van der Waals surface area contributed by atoms with E-state index >= 15 is 0 Å². The van der Waals surface area contributed by atoms with E-state index in [9.17, 15) is 9.18 Å². The first-order chi connectivity index (χ1) is 19.4. The Morgan fingerprint density at radius 1 is 1.15 bits per heavy atom. The van der Waals surface area contributed by atoms with Crippen LogP contribution in [-0.2, 0) is 4.79 Å². The van der Waals surface area contributed by atoms with Gasteiger partial charge in [-0.2, -0.15) is 0 Å². The van der Waals surface area contributed by atoms with Gasteiger partial charge >= 0.3 is 0 Å². The zero-order valence-electron chi connectivity index (χ0n) is 23.1. The summed E-state index contributed by atoms with van der Waals surface area (Å²) in [5.41, 5.74) is 8.87. The predicted molar refractivity (Wildman–Crippen MR) is 158 cm³/mol. The maximum Gasteiger partial charge on any atom is 0.226 e. The van der Waals surface area contributed by atoms with Gasteiger partial charge in [0.2, 0.25) is 5.91 Å². The normalized spacial score (nSPS) is 18.6. The van der Waals surface area contributed by atoms with E-state index in [1.807, 2.05) is 18.2 Å². The van der Waals surface area contributed by atoms with Gasteiger partial charge in [0.25, 0.3) is 0 Å². The lowest BCUT2D eigenvalue weighted by atomic mass is 10.1. The average Bonchev–Trinajstić information content (AvgIpc) is 3.49. The molecule has 0 bridgehead atoms. The number of hydrazine groups is 1. The fraction of sp³-hybridized carbons (Fsp3) is 0.448. The van der Waals surface area contributed by atoms with Crippen LogP contribution in [-0.4, -0.2) is 78.5 Å². The van der Waals surface area contributed by atoms with Crippen molar-refractivity contribution >= 4 is 34.7 Å². The van der Waals surface area contributed by atoms with Crippen LogP contribution in [0.2, 0.25) is 5.02 Å². The van der Waals surface area contributed by atoms with E-state index in [0.29, 0.717) is 34.6 Å². The number of pyridine rings is 1. The van der Waals surface area contributed by atoms with Crippen molar-refractivity contribution < 1.29 is 9.18 Å². The van der Waals surface area contributed by atoms with Crippen molar-refractivity contribution in [2.75, 3.05) is 57.5 Å². The molecule has 1 saturated heterocycles.